The molecule has 0 unspecified atom stereocenters. The highest BCUT2D eigenvalue weighted by Gasteiger charge is 1.95. The van der Waals surface area contributed by atoms with Crippen molar-refractivity contribution < 1.29 is 4.74 Å². The van der Waals surface area contributed by atoms with Gasteiger partial charge in [-0.3, -0.25) is 5.10 Å². The molecule has 0 aliphatic carbocycles. The van der Waals surface area contributed by atoms with E-state index in [1.54, 1.807) is 18.9 Å². The maximum atomic E-state index is 4.94. The minimum Gasteiger partial charge on any atom is -0.385 e. The summed E-state index contributed by atoms with van der Waals surface area (Å²) in [5, 5.41) is 10.8. The van der Waals surface area contributed by atoms with E-state index >= 15 is 0 Å². The van der Waals surface area contributed by atoms with Crippen molar-refractivity contribution in [1.29, 1.82) is 0 Å². The Morgan fingerprint density at radius 2 is 2.50 bits per heavy atom. The van der Waals surface area contributed by atoms with E-state index in [0.717, 1.165) is 37.0 Å². The first-order valence-corrected chi connectivity index (χ1v) is 5.60. The molecule has 1 aromatic rings. The Morgan fingerprint density at radius 1 is 1.57 bits per heavy atom. The van der Waals surface area contributed by atoms with Crippen LogP contribution in [0.15, 0.2) is 11.5 Å². The Balaban J connectivity index is 1.85. The lowest BCUT2D eigenvalue weighted by Crippen LogP contribution is -2.19. The SMILES string of the molecule is COCCCNCCSc1ncn[nH]1. The second-order valence-corrected chi connectivity index (χ2v) is 3.82. The third-order valence-electron chi connectivity index (χ3n) is 1.61. The molecule has 0 saturated carbocycles. The van der Waals surface area contributed by atoms with Gasteiger partial charge in [-0.05, 0) is 13.0 Å². The second kappa shape index (κ2) is 7.78. The summed E-state index contributed by atoms with van der Waals surface area (Å²) < 4.78 is 4.94. The lowest BCUT2D eigenvalue weighted by Gasteiger charge is -2.02. The number of aromatic amines is 1. The minimum atomic E-state index is 0.822. The number of methoxy groups -OCH3 is 1. The molecule has 6 heteroatoms. The van der Waals surface area contributed by atoms with Gasteiger partial charge in [0, 0.05) is 26.0 Å². The van der Waals surface area contributed by atoms with E-state index in [2.05, 4.69) is 20.5 Å². The summed E-state index contributed by atoms with van der Waals surface area (Å²) in [5.41, 5.74) is 0. The fourth-order valence-electron chi connectivity index (χ4n) is 0.950. The Morgan fingerprint density at radius 3 is 3.21 bits per heavy atom. The molecule has 0 saturated heterocycles. The first-order valence-electron chi connectivity index (χ1n) is 4.61. The number of rotatable bonds is 8. The first-order chi connectivity index (χ1) is 6.93. The quantitative estimate of drug-likeness (QED) is 0.490. The number of hydrogen-bond donors (Lipinski definition) is 2. The van der Waals surface area contributed by atoms with Crippen molar-refractivity contribution in [3.05, 3.63) is 6.33 Å². The van der Waals surface area contributed by atoms with Crippen molar-refractivity contribution in [3.63, 3.8) is 0 Å². The monoisotopic (exact) mass is 216 g/mol. The molecule has 14 heavy (non-hydrogen) atoms. The van der Waals surface area contributed by atoms with Gasteiger partial charge in [0.2, 0.25) is 0 Å². The van der Waals surface area contributed by atoms with E-state index in [4.69, 9.17) is 4.74 Å². The molecule has 0 amide bonds. The van der Waals surface area contributed by atoms with E-state index < -0.39 is 0 Å². The Kier molecular flexibility index (Phi) is 6.38. The number of aromatic nitrogens is 3. The van der Waals surface area contributed by atoms with Crippen LogP contribution in [0.3, 0.4) is 0 Å². The van der Waals surface area contributed by atoms with Crippen molar-refractivity contribution in [2.75, 3.05) is 32.6 Å². The van der Waals surface area contributed by atoms with Crippen LogP contribution in [0.4, 0.5) is 0 Å². The summed E-state index contributed by atoms with van der Waals surface area (Å²) >= 11 is 1.67. The van der Waals surface area contributed by atoms with E-state index in [9.17, 15) is 0 Å². The number of nitrogens with one attached hydrogen (secondary N) is 2. The Hall–Kier alpha value is -0.590. The van der Waals surface area contributed by atoms with Crippen LogP contribution in [-0.4, -0.2) is 47.7 Å². The van der Waals surface area contributed by atoms with E-state index in [0.29, 0.717) is 0 Å². The summed E-state index contributed by atoms with van der Waals surface area (Å²) in [6.45, 7) is 2.81. The molecule has 2 N–H and O–H groups in total. The zero-order valence-electron chi connectivity index (χ0n) is 8.32. The van der Waals surface area contributed by atoms with Crippen molar-refractivity contribution in [1.82, 2.24) is 20.5 Å². The van der Waals surface area contributed by atoms with Crippen molar-refractivity contribution in [2.45, 2.75) is 11.6 Å². The highest BCUT2D eigenvalue weighted by atomic mass is 32.2. The molecule has 1 aromatic heterocycles. The van der Waals surface area contributed by atoms with Gasteiger partial charge in [-0.25, -0.2) is 4.98 Å². The zero-order valence-corrected chi connectivity index (χ0v) is 9.14. The molecular formula is C8H16N4OS. The molecule has 0 aromatic carbocycles. The topological polar surface area (TPSA) is 62.8 Å². The summed E-state index contributed by atoms with van der Waals surface area (Å²) in [5.74, 6) is 1.00. The molecule has 0 bridgehead atoms. The van der Waals surface area contributed by atoms with Gasteiger partial charge in [0.15, 0.2) is 5.16 Å². The van der Waals surface area contributed by atoms with E-state index in [1.807, 2.05) is 0 Å². The molecule has 5 nitrogen and oxygen atoms in total. The molecule has 0 radical (unpaired) electrons. The molecular weight excluding hydrogens is 200 g/mol. The summed E-state index contributed by atoms with van der Waals surface area (Å²) in [6, 6.07) is 0. The average Bonchev–Trinajstić information content (AvgIpc) is 2.69. The maximum absolute atomic E-state index is 4.94. The predicted molar refractivity (Wildman–Crippen MR) is 56.5 cm³/mol. The number of H-pyrrole nitrogens is 1. The maximum Gasteiger partial charge on any atom is 0.183 e. The second-order valence-electron chi connectivity index (χ2n) is 2.74. The molecule has 0 spiro atoms. The minimum absolute atomic E-state index is 0.822. The molecule has 1 rings (SSSR count). The zero-order chi connectivity index (χ0) is 10.1. The fraction of sp³-hybridized carbons (Fsp3) is 0.750. The number of nitrogens with zero attached hydrogens (tertiary/aromatic N) is 2. The summed E-state index contributed by atoms with van der Waals surface area (Å²) in [6.07, 6.45) is 2.58. The number of thioether (sulfide) groups is 1. The van der Waals surface area contributed by atoms with E-state index in [-0.39, 0.29) is 0 Å². The molecule has 0 atom stereocenters. The average molecular weight is 216 g/mol. The third kappa shape index (κ3) is 5.21. The van der Waals surface area contributed by atoms with Crippen molar-refractivity contribution >= 4 is 11.8 Å². The largest absolute Gasteiger partial charge is 0.385 e. The van der Waals surface area contributed by atoms with Crippen molar-refractivity contribution in [3.8, 4) is 0 Å². The number of ether oxygens (including phenoxy) is 1. The Labute approximate surface area is 88.0 Å². The van der Waals surface area contributed by atoms with Crippen LogP contribution in [0.5, 0.6) is 0 Å². The Bertz CT molecular complexity index is 217. The van der Waals surface area contributed by atoms with Crippen molar-refractivity contribution in [2.24, 2.45) is 0 Å². The molecule has 80 valence electrons. The van der Waals surface area contributed by atoms with Crippen LogP contribution >= 0.6 is 11.8 Å². The van der Waals surface area contributed by atoms with Crippen LogP contribution < -0.4 is 5.32 Å². The van der Waals surface area contributed by atoms with Gasteiger partial charge in [0.05, 0.1) is 0 Å². The van der Waals surface area contributed by atoms with Gasteiger partial charge in [-0.1, -0.05) is 11.8 Å². The first kappa shape index (κ1) is 11.5. The van der Waals surface area contributed by atoms with Gasteiger partial charge < -0.3 is 10.1 Å². The third-order valence-corrected chi connectivity index (χ3v) is 2.49. The van der Waals surface area contributed by atoms with Gasteiger partial charge in [-0.15, -0.1) is 0 Å². The van der Waals surface area contributed by atoms with Gasteiger partial charge in [0.1, 0.15) is 6.33 Å². The lowest BCUT2D eigenvalue weighted by molar-refractivity contribution is 0.194. The molecule has 0 fully saturated rings. The number of hydrogen-bond acceptors (Lipinski definition) is 5. The molecule has 1 heterocycles. The molecule has 0 aliphatic rings. The van der Waals surface area contributed by atoms with Crippen LogP contribution in [0.2, 0.25) is 0 Å². The van der Waals surface area contributed by atoms with Gasteiger partial charge >= 0.3 is 0 Å². The summed E-state index contributed by atoms with van der Waals surface area (Å²) in [4.78, 5) is 4.01. The van der Waals surface area contributed by atoms with E-state index in [1.165, 1.54) is 6.33 Å². The highest BCUT2D eigenvalue weighted by Crippen LogP contribution is 2.08. The standard InChI is InChI=1S/C8H16N4OS/c1-13-5-2-3-9-4-6-14-8-10-7-11-12-8/h7,9H,2-6H2,1H3,(H,10,11,12). The summed E-state index contributed by atoms with van der Waals surface area (Å²) in [7, 11) is 1.72. The van der Waals surface area contributed by atoms with Crippen LogP contribution in [0.1, 0.15) is 6.42 Å². The highest BCUT2D eigenvalue weighted by molar-refractivity contribution is 7.99. The lowest BCUT2D eigenvalue weighted by atomic mass is 10.4. The van der Waals surface area contributed by atoms with Crippen LogP contribution in [0.25, 0.3) is 0 Å². The van der Waals surface area contributed by atoms with Gasteiger partial charge in [0.25, 0.3) is 0 Å². The van der Waals surface area contributed by atoms with Gasteiger partial charge in [-0.2, -0.15) is 5.10 Å². The molecule has 0 aliphatic heterocycles. The van der Waals surface area contributed by atoms with Crippen LogP contribution in [-0.2, 0) is 4.74 Å². The normalized spacial score (nSPS) is 10.6. The fourth-order valence-corrected chi connectivity index (χ4v) is 1.63. The smallest absolute Gasteiger partial charge is 0.183 e. The predicted octanol–water partition coefficient (Wildman–Crippen LogP) is 0.523. The van der Waals surface area contributed by atoms with Crippen LogP contribution in [0, 0.1) is 0 Å².